The van der Waals surface area contributed by atoms with Gasteiger partial charge in [-0.15, -0.1) is 0 Å². The van der Waals surface area contributed by atoms with Gasteiger partial charge in [-0.2, -0.15) is 13.2 Å². The second kappa shape index (κ2) is 6.16. The van der Waals surface area contributed by atoms with E-state index < -0.39 is 11.7 Å². The van der Waals surface area contributed by atoms with E-state index in [9.17, 15) is 18.0 Å². The molecule has 25 heavy (non-hydrogen) atoms. The van der Waals surface area contributed by atoms with E-state index in [4.69, 9.17) is 0 Å². The van der Waals surface area contributed by atoms with Crippen molar-refractivity contribution in [3.8, 4) is 0 Å². The zero-order valence-corrected chi connectivity index (χ0v) is 14.3. The average Bonchev–Trinajstić information content (AvgIpc) is 3.28. The fourth-order valence-corrected chi connectivity index (χ4v) is 4.22. The molecule has 2 heterocycles. The van der Waals surface area contributed by atoms with Crippen LogP contribution in [0.4, 0.5) is 18.3 Å². The molecule has 1 aliphatic heterocycles. The van der Waals surface area contributed by atoms with E-state index in [0.29, 0.717) is 41.8 Å². The number of carbonyl (C=O) groups excluding carboxylic acids is 1. The highest BCUT2D eigenvalue weighted by atomic mass is 32.1. The highest BCUT2D eigenvalue weighted by Gasteiger charge is 2.35. The Kier molecular flexibility index (Phi) is 4.10. The summed E-state index contributed by atoms with van der Waals surface area (Å²) in [6.07, 6.45) is -0.852. The van der Waals surface area contributed by atoms with Gasteiger partial charge in [0.15, 0.2) is 5.13 Å². The minimum absolute atomic E-state index is 0.00281. The average molecular weight is 369 g/mol. The van der Waals surface area contributed by atoms with Gasteiger partial charge in [0.1, 0.15) is 0 Å². The van der Waals surface area contributed by atoms with Crippen molar-refractivity contribution >= 4 is 32.6 Å². The molecule has 4 nitrogen and oxygen atoms in total. The molecule has 1 amide bonds. The van der Waals surface area contributed by atoms with Gasteiger partial charge in [-0.1, -0.05) is 17.4 Å². The third-order valence-corrected chi connectivity index (χ3v) is 5.85. The first kappa shape index (κ1) is 16.6. The summed E-state index contributed by atoms with van der Waals surface area (Å²) in [5.74, 6) is 0.114. The second-order valence-corrected chi connectivity index (χ2v) is 7.70. The largest absolute Gasteiger partial charge is 0.418 e. The van der Waals surface area contributed by atoms with Gasteiger partial charge in [0, 0.05) is 25.0 Å². The van der Waals surface area contributed by atoms with Gasteiger partial charge in [-0.3, -0.25) is 4.79 Å². The number of carbonyl (C=O) groups is 1. The highest BCUT2D eigenvalue weighted by Crippen LogP contribution is 2.39. The number of nitrogens with zero attached hydrogens (tertiary/aromatic N) is 2. The summed E-state index contributed by atoms with van der Waals surface area (Å²) >= 11 is 1.28. The van der Waals surface area contributed by atoms with Crippen LogP contribution in [0.15, 0.2) is 18.2 Å². The van der Waals surface area contributed by atoms with Crippen LogP contribution in [0.25, 0.3) is 10.2 Å². The third-order valence-electron chi connectivity index (χ3n) is 4.77. The Morgan fingerprint density at radius 2 is 1.92 bits per heavy atom. The monoisotopic (exact) mass is 369 g/mol. The van der Waals surface area contributed by atoms with Crippen molar-refractivity contribution in [2.24, 2.45) is 5.92 Å². The van der Waals surface area contributed by atoms with Crippen LogP contribution in [0.2, 0.25) is 0 Å². The molecule has 1 N–H and O–H groups in total. The summed E-state index contributed by atoms with van der Waals surface area (Å²) in [5.41, 5.74) is -0.671. The van der Waals surface area contributed by atoms with Gasteiger partial charge in [-0.25, -0.2) is 4.98 Å². The lowest BCUT2D eigenvalue weighted by atomic mass is 9.96. The molecular formula is C17H18F3N3OS. The van der Waals surface area contributed by atoms with Gasteiger partial charge in [0.05, 0.1) is 15.8 Å². The molecule has 2 aliphatic rings. The van der Waals surface area contributed by atoms with E-state index >= 15 is 0 Å². The van der Waals surface area contributed by atoms with Gasteiger partial charge in [0.2, 0.25) is 5.91 Å². The molecule has 4 rings (SSSR count). The van der Waals surface area contributed by atoms with Crippen molar-refractivity contribution < 1.29 is 18.0 Å². The van der Waals surface area contributed by atoms with Gasteiger partial charge in [-0.05, 0) is 37.8 Å². The van der Waals surface area contributed by atoms with Gasteiger partial charge >= 0.3 is 6.18 Å². The van der Waals surface area contributed by atoms with E-state index in [0.717, 1.165) is 18.9 Å². The highest BCUT2D eigenvalue weighted by molar-refractivity contribution is 7.22. The standard InChI is InChI=1S/C17H18F3N3OS/c18-17(19,20)12-2-1-3-13-14(12)22-16(25-13)23-8-6-10(7-9-23)15(24)21-11-4-5-11/h1-3,10-11H,4-9H2,(H,21,24). The number of halogens is 3. The van der Waals surface area contributed by atoms with Crippen molar-refractivity contribution in [2.45, 2.75) is 37.9 Å². The van der Waals surface area contributed by atoms with Crippen molar-refractivity contribution in [1.82, 2.24) is 10.3 Å². The summed E-state index contributed by atoms with van der Waals surface area (Å²) in [7, 11) is 0. The number of anilines is 1. The van der Waals surface area contributed by atoms with E-state index in [1.807, 2.05) is 4.90 Å². The maximum absolute atomic E-state index is 13.1. The number of piperidine rings is 1. The summed E-state index contributed by atoms with van der Waals surface area (Å²) < 4.78 is 39.9. The number of para-hydroxylation sites is 1. The molecule has 0 atom stereocenters. The summed E-state index contributed by atoms with van der Waals surface area (Å²) in [6.45, 7) is 1.29. The first-order valence-corrected chi connectivity index (χ1v) is 9.25. The molecule has 1 saturated heterocycles. The minimum atomic E-state index is -4.40. The first-order chi connectivity index (χ1) is 11.9. The van der Waals surface area contributed by atoms with Crippen LogP contribution in [0.1, 0.15) is 31.2 Å². The van der Waals surface area contributed by atoms with Crippen molar-refractivity contribution in [1.29, 1.82) is 0 Å². The quantitative estimate of drug-likeness (QED) is 0.895. The summed E-state index contributed by atoms with van der Waals surface area (Å²) in [6, 6.07) is 4.51. The molecular weight excluding hydrogens is 351 g/mol. The number of rotatable bonds is 3. The molecule has 8 heteroatoms. The Morgan fingerprint density at radius 3 is 2.56 bits per heavy atom. The molecule has 0 radical (unpaired) electrons. The maximum atomic E-state index is 13.1. The first-order valence-electron chi connectivity index (χ1n) is 8.44. The molecule has 134 valence electrons. The zero-order valence-electron chi connectivity index (χ0n) is 13.5. The van der Waals surface area contributed by atoms with Crippen molar-refractivity contribution in [3.05, 3.63) is 23.8 Å². The number of hydrogen-bond acceptors (Lipinski definition) is 4. The van der Waals surface area contributed by atoms with E-state index in [1.165, 1.54) is 17.4 Å². The number of thiazole rings is 1. The van der Waals surface area contributed by atoms with E-state index in [1.54, 1.807) is 6.07 Å². The molecule has 2 aromatic rings. The third kappa shape index (κ3) is 3.44. The lowest BCUT2D eigenvalue weighted by molar-refractivity contribution is -0.136. The number of benzene rings is 1. The Labute approximate surface area is 147 Å². The lowest BCUT2D eigenvalue weighted by Gasteiger charge is -2.31. The smallest absolute Gasteiger partial charge is 0.353 e. The fraction of sp³-hybridized carbons (Fsp3) is 0.529. The van der Waals surface area contributed by atoms with Crippen molar-refractivity contribution in [3.63, 3.8) is 0 Å². The van der Waals surface area contributed by atoms with Crippen LogP contribution in [0.3, 0.4) is 0 Å². The molecule has 2 fully saturated rings. The Bertz CT molecular complexity index is 792. The maximum Gasteiger partial charge on any atom is 0.418 e. The normalized spacial score (nSPS) is 19.4. The van der Waals surface area contributed by atoms with Crippen LogP contribution in [-0.2, 0) is 11.0 Å². The zero-order chi connectivity index (χ0) is 17.6. The van der Waals surface area contributed by atoms with Crippen molar-refractivity contribution in [2.75, 3.05) is 18.0 Å². The number of hydrogen-bond donors (Lipinski definition) is 1. The number of nitrogens with one attached hydrogen (secondary N) is 1. The number of fused-ring (bicyclic) bond motifs is 1. The Morgan fingerprint density at radius 1 is 1.20 bits per heavy atom. The molecule has 0 spiro atoms. The predicted molar refractivity (Wildman–Crippen MR) is 90.7 cm³/mol. The van der Waals surface area contributed by atoms with E-state index in [2.05, 4.69) is 10.3 Å². The predicted octanol–water partition coefficient (Wildman–Crippen LogP) is 3.81. The van der Waals surface area contributed by atoms with Crippen LogP contribution >= 0.6 is 11.3 Å². The minimum Gasteiger partial charge on any atom is -0.353 e. The molecule has 1 aromatic carbocycles. The van der Waals surface area contributed by atoms with Gasteiger partial charge < -0.3 is 10.2 Å². The fourth-order valence-electron chi connectivity index (χ4n) is 3.18. The Balaban J connectivity index is 1.48. The van der Waals surface area contributed by atoms with Gasteiger partial charge in [0.25, 0.3) is 0 Å². The molecule has 1 aromatic heterocycles. The summed E-state index contributed by atoms with van der Waals surface area (Å²) in [5, 5.41) is 3.63. The SMILES string of the molecule is O=C(NC1CC1)C1CCN(c2nc3c(C(F)(F)F)cccc3s2)CC1. The Hall–Kier alpha value is -1.83. The van der Waals surface area contributed by atoms with E-state index in [-0.39, 0.29) is 17.3 Å². The lowest BCUT2D eigenvalue weighted by Crippen LogP contribution is -2.41. The molecule has 0 unspecified atom stereocenters. The van der Waals surface area contributed by atoms with Crippen LogP contribution in [0.5, 0.6) is 0 Å². The number of amides is 1. The number of aromatic nitrogens is 1. The summed E-state index contributed by atoms with van der Waals surface area (Å²) in [4.78, 5) is 18.4. The molecule has 0 bridgehead atoms. The van der Waals surface area contributed by atoms with Crippen LogP contribution in [-0.4, -0.2) is 30.0 Å². The topological polar surface area (TPSA) is 45.2 Å². The number of alkyl halides is 3. The van der Waals surface area contributed by atoms with Crippen LogP contribution in [0, 0.1) is 5.92 Å². The second-order valence-electron chi connectivity index (χ2n) is 6.69. The van der Waals surface area contributed by atoms with Crippen LogP contribution < -0.4 is 10.2 Å². The molecule has 1 saturated carbocycles. The molecule has 1 aliphatic carbocycles.